The van der Waals surface area contributed by atoms with E-state index in [1.165, 1.54) is 19.3 Å². The monoisotopic (exact) mass is 319 g/mol. The number of nitrogens with zero attached hydrogens (tertiary/aromatic N) is 3. The van der Waals surface area contributed by atoms with Crippen molar-refractivity contribution in [3.63, 3.8) is 0 Å². The normalized spacial score (nSPS) is 30.0. The zero-order valence-electron chi connectivity index (χ0n) is 14.5. The first-order chi connectivity index (χ1) is 11.0. The summed E-state index contributed by atoms with van der Waals surface area (Å²) in [6.07, 6.45) is 6.35. The third-order valence-corrected chi connectivity index (χ3v) is 5.90. The molecule has 6 heteroatoms. The van der Waals surface area contributed by atoms with E-state index in [-0.39, 0.29) is 17.4 Å². The number of aromatic nitrogens is 3. The molecule has 2 atom stereocenters. The number of amides is 1. The molecular formula is C17H29N5O. The van der Waals surface area contributed by atoms with Crippen molar-refractivity contribution in [2.24, 2.45) is 23.0 Å². The van der Waals surface area contributed by atoms with E-state index < -0.39 is 0 Å². The topological polar surface area (TPSA) is 85.8 Å². The Balaban J connectivity index is 1.64. The van der Waals surface area contributed by atoms with E-state index in [1.807, 2.05) is 20.8 Å². The largest absolute Gasteiger partial charge is 0.350 e. The SMILES string of the molecule is Cc1c(C(=O)NCC2(CN)CC3CCCC3C2)nnn1C(C)C. The lowest BCUT2D eigenvalue weighted by Gasteiger charge is -2.28. The van der Waals surface area contributed by atoms with Gasteiger partial charge in [-0.3, -0.25) is 4.79 Å². The molecule has 1 amide bonds. The van der Waals surface area contributed by atoms with Gasteiger partial charge in [-0.2, -0.15) is 0 Å². The van der Waals surface area contributed by atoms with Crippen molar-refractivity contribution >= 4 is 5.91 Å². The van der Waals surface area contributed by atoms with E-state index in [9.17, 15) is 4.79 Å². The second-order valence-corrected chi connectivity index (χ2v) is 7.81. The highest BCUT2D eigenvalue weighted by atomic mass is 16.2. The highest BCUT2D eigenvalue weighted by Gasteiger charge is 2.46. The van der Waals surface area contributed by atoms with Crippen LogP contribution in [0.2, 0.25) is 0 Å². The highest BCUT2D eigenvalue weighted by molar-refractivity contribution is 5.93. The van der Waals surface area contributed by atoms with Crippen molar-refractivity contribution in [1.82, 2.24) is 20.3 Å². The number of carbonyl (C=O) groups is 1. The minimum atomic E-state index is -0.126. The summed E-state index contributed by atoms with van der Waals surface area (Å²) in [6.45, 7) is 7.27. The molecule has 0 radical (unpaired) electrons. The molecule has 0 spiro atoms. The second-order valence-electron chi connectivity index (χ2n) is 7.81. The maximum absolute atomic E-state index is 12.5. The van der Waals surface area contributed by atoms with Gasteiger partial charge in [-0.25, -0.2) is 4.68 Å². The molecule has 2 aliphatic rings. The van der Waals surface area contributed by atoms with Crippen molar-refractivity contribution in [2.75, 3.05) is 13.1 Å². The van der Waals surface area contributed by atoms with E-state index in [1.54, 1.807) is 4.68 Å². The molecule has 1 aromatic rings. The summed E-state index contributed by atoms with van der Waals surface area (Å²) in [4.78, 5) is 12.5. The quantitative estimate of drug-likeness (QED) is 0.870. The van der Waals surface area contributed by atoms with E-state index in [2.05, 4.69) is 15.6 Å². The van der Waals surface area contributed by atoms with Gasteiger partial charge in [-0.1, -0.05) is 24.5 Å². The summed E-state index contributed by atoms with van der Waals surface area (Å²) < 4.78 is 1.79. The Hall–Kier alpha value is -1.43. The summed E-state index contributed by atoms with van der Waals surface area (Å²) in [7, 11) is 0. The molecule has 3 N–H and O–H groups in total. The number of fused-ring (bicyclic) bond motifs is 1. The molecule has 2 unspecified atom stereocenters. The fourth-order valence-corrected chi connectivity index (χ4v) is 4.62. The summed E-state index contributed by atoms with van der Waals surface area (Å²) in [5.41, 5.74) is 7.42. The van der Waals surface area contributed by atoms with Gasteiger partial charge >= 0.3 is 0 Å². The number of hydrogen-bond donors (Lipinski definition) is 2. The number of carbonyl (C=O) groups excluding carboxylic acids is 1. The van der Waals surface area contributed by atoms with Gasteiger partial charge in [0.2, 0.25) is 0 Å². The van der Waals surface area contributed by atoms with Crippen molar-refractivity contribution in [3.05, 3.63) is 11.4 Å². The van der Waals surface area contributed by atoms with Gasteiger partial charge in [-0.15, -0.1) is 5.10 Å². The average Bonchev–Trinajstić information content (AvgIpc) is 3.17. The highest BCUT2D eigenvalue weighted by Crippen LogP contribution is 2.52. The van der Waals surface area contributed by atoms with Gasteiger partial charge in [0, 0.05) is 18.0 Å². The lowest BCUT2D eigenvalue weighted by molar-refractivity contribution is 0.0924. The van der Waals surface area contributed by atoms with Crippen LogP contribution in [0.3, 0.4) is 0 Å². The fraction of sp³-hybridized carbons (Fsp3) is 0.824. The minimum absolute atomic E-state index is 0.0767. The van der Waals surface area contributed by atoms with Crippen LogP contribution in [-0.4, -0.2) is 34.0 Å². The number of hydrogen-bond acceptors (Lipinski definition) is 4. The first-order valence-electron chi connectivity index (χ1n) is 8.86. The Morgan fingerprint density at radius 1 is 1.39 bits per heavy atom. The van der Waals surface area contributed by atoms with Crippen LogP contribution in [0, 0.1) is 24.2 Å². The minimum Gasteiger partial charge on any atom is -0.350 e. The molecule has 1 heterocycles. The van der Waals surface area contributed by atoms with Gasteiger partial charge in [-0.05, 0) is 52.0 Å². The number of nitrogens with two attached hydrogens (primary N) is 1. The summed E-state index contributed by atoms with van der Waals surface area (Å²) in [6, 6.07) is 0.202. The maximum atomic E-state index is 12.5. The first kappa shape index (κ1) is 16.4. The predicted octanol–water partition coefficient (Wildman–Crippen LogP) is 2.05. The van der Waals surface area contributed by atoms with Crippen molar-refractivity contribution in [3.8, 4) is 0 Å². The molecule has 0 saturated heterocycles. The second kappa shape index (κ2) is 6.23. The molecule has 2 fully saturated rings. The molecule has 0 bridgehead atoms. The zero-order chi connectivity index (χ0) is 16.6. The van der Waals surface area contributed by atoms with E-state index in [4.69, 9.17) is 5.73 Å². The Bertz CT molecular complexity index is 568. The van der Waals surface area contributed by atoms with Crippen LogP contribution in [0.25, 0.3) is 0 Å². The lowest BCUT2D eigenvalue weighted by atomic mass is 9.83. The summed E-state index contributed by atoms with van der Waals surface area (Å²) >= 11 is 0. The number of nitrogens with one attached hydrogen (secondary N) is 1. The Morgan fingerprint density at radius 3 is 2.57 bits per heavy atom. The molecule has 1 aromatic heterocycles. The van der Waals surface area contributed by atoms with E-state index >= 15 is 0 Å². The third kappa shape index (κ3) is 3.01. The van der Waals surface area contributed by atoms with E-state index in [0.29, 0.717) is 18.8 Å². The van der Waals surface area contributed by atoms with Crippen LogP contribution < -0.4 is 11.1 Å². The van der Waals surface area contributed by atoms with Crippen LogP contribution in [-0.2, 0) is 0 Å². The van der Waals surface area contributed by atoms with Gasteiger partial charge in [0.1, 0.15) is 0 Å². The van der Waals surface area contributed by atoms with Crippen LogP contribution in [0.1, 0.15) is 68.2 Å². The van der Waals surface area contributed by atoms with Crippen LogP contribution in [0.4, 0.5) is 0 Å². The van der Waals surface area contributed by atoms with Crippen LogP contribution >= 0.6 is 0 Å². The predicted molar refractivity (Wildman–Crippen MR) is 89.0 cm³/mol. The van der Waals surface area contributed by atoms with Gasteiger partial charge < -0.3 is 11.1 Å². The zero-order valence-corrected chi connectivity index (χ0v) is 14.5. The number of rotatable bonds is 5. The standard InChI is InChI=1S/C17H29N5O/c1-11(2)22-12(3)15(20-21-22)16(23)19-10-17(9-18)7-13-5-4-6-14(13)8-17/h11,13-14H,4-10,18H2,1-3H3,(H,19,23). The first-order valence-corrected chi connectivity index (χ1v) is 8.86. The fourth-order valence-electron chi connectivity index (χ4n) is 4.62. The summed E-state index contributed by atoms with van der Waals surface area (Å²) in [5, 5.41) is 11.2. The molecule has 0 aliphatic heterocycles. The molecule has 128 valence electrons. The average molecular weight is 319 g/mol. The van der Waals surface area contributed by atoms with Crippen LogP contribution in [0.15, 0.2) is 0 Å². The molecular weight excluding hydrogens is 290 g/mol. The van der Waals surface area contributed by atoms with E-state index in [0.717, 1.165) is 30.4 Å². The summed E-state index contributed by atoms with van der Waals surface area (Å²) in [5.74, 6) is 1.51. The smallest absolute Gasteiger partial charge is 0.273 e. The Kier molecular flexibility index (Phi) is 4.45. The Morgan fingerprint density at radius 2 is 2.04 bits per heavy atom. The molecule has 3 rings (SSSR count). The third-order valence-electron chi connectivity index (χ3n) is 5.90. The van der Waals surface area contributed by atoms with Crippen molar-refractivity contribution < 1.29 is 4.79 Å². The molecule has 6 nitrogen and oxygen atoms in total. The van der Waals surface area contributed by atoms with Crippen LogP contribution in [0.5, 0.6) is 0 Å². The molecule has 23 heavy (non-hydrogen) atoms. The molecule has 2 saturated carbocycles. The molecule has 0 aromatic carbocycles. The molecule has 2 aliphatic carbocycles. The van der Waals surface area contributed by atoms with Gasteiger partial charge in [0.25, 0.3) is 5.91 Å². The van der Waals surface area contributed by atoms with Crippen molar-refractivity contribution in [1.29, 1.82) is 0 Å². The Labute approximate surface area is 138 Å². The lowest BCUT2D eigenvalue weighted by Crippen LogP contribution is -2.41. The van der Waals surface area contributed by atoms with Crippen molar-refractivity contribution in [2.45, 2.75) is 58.9 Å². The van der Waals surface area contributed by atoms with Gasteiger partial charge in [0.05, 0.1) is 5.69 Å². The maximum Gasteiger partial charge on any atom is 0.273 e. The van der Waals surface area contributed by atoms with Gasteiger partial charge in [0.15, 0.2) is 5.69 Å².